The smallest absolute Gasteiger partial charge is 0.253 e. The third-order valence-electron chi connectivity index (χ3n) is 5.19. The highest BCUT2D eigenvalue weighted by atomic mass is 35.5. The number of nitrogens with one attached hydrogen (secondary N) is 1. The molecule has 2 unspecified atom stereocenters. The number of rotatable bonds is 4. The van der Waals surface area contributed by atoms with Gasteiger partial charge in [0.05, 0.1) is 16.0 Å². The van der Waals surface area contributed by atoms with Gasteiger partial charge in [-0.1, -0.05) is 35.4 Å². The zero-order chi connectivity index (χ0) is 18.5. The lowest BCUT2D eigenvalue weighted by molar-refractivity contribution is -0.126. The van der Waals surface area contributed by atoms with Crippen LogP contribution in [0.5, 0.6) is 0 Å². The summed E-state index contributed by atoms with van der Waals surface area (Å²) in [4.78, 5) is 27.0. The first-order chi connectivity index (χ1) is 12.5. The number of carbonyl (C=O) groups is 2. The number of amides is 2. The van der Waals surface area contributed by atoms with Gasteiger partial charge in [0, 0.05) is 25.2 Å². The second-order valence-corrected chi connectivity index (χ2v) is 7.93. The number of carbonyl (C=O) groups excluding carboxylic acids is 2. The van der Waals surface area contributed by atoms with E-state index >= 15 is 0 Å². The van der Waals surface area contributed by atoms with E-state index in [0.29, 0.717) is 34.6 Å². The summed E-state index contributed by atoms with van der Waals surface area (Å²) in [5.74, 6) is 0.348. The molecule has 0 saturated carbocycles. The van der Waals surface area contributed by atoms with Gasteiger partial charge in [-0.3, -0.25) is 9.59 Å². The van der Waals surface area contributed by atoms with Crippen LogP contribution in [0.25, 0.3) is 0 Å². The maximum absolute atomic E-state index is 12.7. The normalized spacial score (nSPS) is 22.9. The number of piperidine rings is 1. The van der Waals surface area contributed by atoms with Crippen molar-refractivity contribution in [1.82, 2.24) is 10.2 Å². The van der Waals surface area contributed by atoms with Gasteiger partial charge in [0.1, 0.15) is 0 Å². The molecule has 0 radical (unpaired) electrons. The number of likely N-dealkylation sites (tertiary alicyclic amines) is 1. The van der Waals surface area contributed by atoms with Crippen molar-refractivity contribution < 1.29 is 9.59 Å². The molecule has 26 heavy (non-hydrogen) atoms. The Morgan fingerprint density at radius 1 is 1.15 bits per heavy atom. The van der Waals surface area contributed by atoms with Crippen molar-refractivity contribution in [3.8, 4) is 0 Å². The fourth-order valence-corrected chi connectivity index (χ4v) is 3.92. The van der Waals surface area contributed by atoms with Gasteiger partial charge in [0.25, 0.3) is 5.91 Å². The van der Waals surface area contributed by atoms with Crippen LogP contribution in [-0.2, 0) is 4.79 Å². The fraction of sp³-hybridized carbons (Fsp3) is 0.500. The largest absolute Gasteiger partial charge is 0.356 e. The van der Waals surface area contributed by atoms with Crippen molar-refractivity contribution in [1.29, 1.82) is 0 Å². The zero-order valence-corrected chi connectivity index (χ0v) is 16.2. The molecule has 0 aromatic heterocycles. The van der Waals surface area contributed by atoms with Crippen molar-refractivity contribution in [3.05, 3.63) is 46.0 Å². The minimum absolute atomic E-state index is 0.0613. The highest BCUT2D eigenvalue weighted by Gasteiger charge is 2.29. The molecule has 2 atom stereocenters. The van der Waals surface area contributed by atoms with E-state index in [1.807, 2.05) is 0 Å². The van der Waals surface area contributed by atoms with Crippen molar-refractivity contribution >= 4 is 35.0 Å². The Morgan fingerprint density at radius 3 is 2.73 bits per heavy atom. The summed E-state index contributed by atoms with van der Waals surface area (Å²) >= 11 is 11.9. The van der Waals surface area contributed by atoms with Gasteiger partial charge in [-0.05, 0) is 56.2 Å². The molecular weight excluding hydrogens is 371 g/mol. The van der Waals surface area contributed by atoms with Crippen LogP contribution in [-0.4, -0.2) is 36.3 Å². The van der Waals surface area contributed by atoms with Gasteiger partial charge >= 0.3 is 0 Å². The average Bonchev–Trinajstić information content (AvgIpc) is 2.68. The summed E-state index contributed by atoms with van der Waals surface area (Å²) in [6, 6.07) is 4.90. The maximum atomic E-state index is 12.7. The van der Waals surface area contributed by atoms with E-state index in [0.717, 1.165) is 38.6 Å². The van der Waals surface area contributed by atoms with Gasteiger partial charge in [-0.25, -0.2) is 0 Å². The summed E-state index contributed by atoms with van der Waals surface area (Å²) in [6.07, 6.45) is 9.30. The Morgan fingerprint density at radius 2 is 2.00 bits per heavy atom. The molecule has 1 N–H and O–H groups in total. The van der Waals surface area contributed by atoms with Crippen molar-refractivity contribution in [2.75, 3.05) is 19.6 Å². The Bertz CT molecular complexity index is 705. The summed E-state index contributed by atoms with van der Waals surface area (Å²) in [7, 11) is 0. The average molecular weight is 395 g/mol. The summed E-state index contributed by atoms with van der Waals surface area (Å²) in [6.45, 7) is 1.84. The summed E-state index contributed by atoms with van der Waals surface area (Å²) < 4.78 is 0. The molecule has 4 nitrogen and oxygen atoms in total. The van der Waals surface area contributed by atoms with E-state index in [-0.39, 0.29) is 17.7 Å². The lowest BCUT2D eigenvalue weighted by Gasteiger charge is -2.32. The third kappa shape index (κ3) is 4.80. The maximum Gasteiger partial charge on any atom is 0.253 e. The molecule has 1 aromatic rings. The Hall–Kier alpha value is -1.52. The van der Waals surface area contributed by atoms with Crippen LogP contribution < -0.4 is 5.32 Å². The highest BCUT2D eigenvalue weighted by Crippen LogP contribution is 2.25. The molecule has 2 amide bonds. The highest BCUT2D eigenvalue weighted by molar-refractivity contribution is 6.42. The molecule has 1 aromatic carbocycles. The lowest BCUT2D eigenvalue weighted by atomic mass is 9.93. The zero-order valence-electron chi connectivity index (χ0n) is 14.7. The molecule has 0 bridgehead atoms. The molecule has 1 heterocycles. The van der Waals surface area contributed by atoms with Gasteiger partial charge in [-0.2, -0.15) is 0 Å². The Kier molecular flexibility index (Phi) is 6.60. The van der Waals surface area contributed by atoms with E-state index in [4.69, 9.17) is 23.2 Å². The quantitative estimate of drug-likeness (QED) is 0.772. The number of halogens is 2. The first kappa shape index (κ1) is 19.2. The van der Waals surface area contributed by atoms with Gasteiger partial charge in [0.15, 0.2) is 0 Å². The van der Waals surface area contributed by atoms with Gasteiger partial charge in [-0.15, -0.1) is 0 Å². The first-order valence-corrected chi connectivity index (χ1v) is 9.97. The van der Waals surface area contributed by atoms with Crippen molar-refractivity contribution in [2.24, 2.45) is 11.8 Å². The summed E-state index contributed by atoms with van der Waals surface area (Å²) in [5.41, 5.74) is 0.509. The molecule has 1 aliphatic heterocycles. The van der Waals surface area contributed by atoms with E-state index in [1.165, 1.54) is 0 Å². The number of benzene rings is 1. The molecule has 1 saturated heterocycles. The van der Waals surface area contributed by atoms with Crippen LogP contribution in [0.4, 0.5) is 0 Å². The first-order valence-electron chi connectivity index (χ1n) is 9.21. The molecule has 1 fully saturated rings. The number of hydrogen-bond donors (Lipinski definition) is 1. The Balaban J connectivity index is 1.55. The molecule has 6 heteroatoms. The van der Waals surface area contributed by atoms with Crippen molar-refractivity contribution in [3.63, 3.8) is 0 Å². The van der Waals surface area contributed by atoms with Crippen LogP contribution in [0, 0.1) is 11.8 Å². The van der Waals surface area contributed by atoms with Crippen LogP contribution in [0.1, 0.15) is 42.5 Å². The lowest BCUT2D eigenvalue weighted by Crippen LogP contribution is -2.46. The van der Waals surface area contributed by atoms with E-state index < -0.39 is 0 Å². The molecule has 0 spiro atoms. The molecule has 3 rings (SSSR count). The second-order valence-electron chi connectivity index (χ2n) is 7.11. The third-order valence-corrected chi connectivity index (χ3v) is 5.93. The van der Waals surface area contributed by atoms with Crippen LogP contribution in [0.2, 0.25) is 10.0 Å². The molecular formula is C20H24Cl2N2O2. The second kappa shape index (κ2) is 8.92. The summed E-state index contributed by atoms with van der Waals surface area (Å²) in [5, 5.41) is 3.88. The minimum Gasteiger partial charge on any atom is -0.356 e. The molecule has 140 valence electrons. The van der Waals surface area contributed by atoms with Gasteiger partial charge < -0.3 is 10.2 Å². The van der Waals surface area contributed by atoms with E-state index in [9.17, 15) is 9.59 Å². The fourth-order valence-electron chi connectivity index (χ4n) is 3.62. The topological polar surface area (TPSA) is 49.4 Å². The Labute approximate surface area is 164 Å². The van der Waals surface area contributed by atoms with Crippen LogP contribution in [0.3, 0.4) is 0 Å². The number of allylic oxidation sites excluding steroid dienone is 2. The van der Waals surface area contributed by atoms with E-state index in [1.54, 1.807) is 23.1 Å². The van der Waals surface area contributed by atoms with Crippen LogP contribution >= 0.6 is 23.2 Å². The molecule has 1 aliphatic carbocycles. The number of nitrogens with zero attached hydrogens (tertiary/aromatic N) is 1. The number of hydrogen-bond acceptors (Lipinski definition) is 2. The van der Waals surface area contributed by atoms with Crippen LogP contribution in [0.15, 0.2) is 30.4 Å². The van der Waals surface area contributed by atoms with Crippen molar-refractivity contribution in [2.45, 2.75) is 32.1 Å². The standard InChI is InChI=1S/C20H24Cl2N2O2/c21-17-9-8-15(11-18(17)22)20(26)24-10-4-7-16(13-24)19(25)23-12-14-5-2-1-3-6-14/h1-2,8-9,11,14,16H,3-7,10,12-13H2,(H,23,25). The van der Waals surface area contributed by atoms with Gasteiger partial charge in [0.2, 0.25) is 5.91 Å². The van der Waals surface area contributed by atoms with E-state index in [2.05, 4.69) is 17.5 Å². The predicted octanol–water partition coefficient (Wildman–Crippen LogP) is 4.32. The SMILES string of the molecule is O=C(NCC1CC=CCC1)C1CCCN(C(=O)c2ccc(Cl)c(Cl)c2)C1. The minimum atomic E-state index is -0.144. The monoisotopic (exact) mass is 394 g/mol. The molecule has 2 aliphatic rings. The predicted molar refractivity (Wildman–Crippen MR) is 105 cm³/mol.